The highest BCUT2D eigenvalue weighted by Crippen LogP contribution is 2.18. The van der Waals surface area contributed by atoms with Crippen LogP contribution >= 0.6 is 0 Å². The minimum Gasteiger partial charge on any atom is -0.370 e. The Morgan fingerprint density at radius 1 is 1.13 bits per heavy atom. The number of nitrogens with zero attached hydrogens (tertiary/aromatic N) is 2. The molecule has 0 spiro atoms. The molecule has 15 heavy (non-hydrogen) atoms. The van der Waals surface area contributed by atoms with Crippen LogP contribution in [0, 0.1) is 0 Å². The van der Waals surface area contributed by atoms with Crippen LogP contribution in [-0.2, 0) is 0 Å². The number of hydrogen-bond acceptors (Lipinski definition) is 3. The van der Waals surface area contributed by atoms with Gasteiger partial charge in [-0.2, -0.15) is 0 Å². The molecule has 3 heteroatoms. The van der Waals surface area contributed by atoms with Gasteiger partial charge >= 0.3 is 0 Å². The Balaban J connectivity index is 2.09. The largest absolute Gasteiger partial charge is 0.370 e. The number of aromatic nitrogens is 1. The predicted octanol–water partition coefficient (Wildman–Crippen LogP) is 2.27. The van der Waals surface area contributed by atoms with Crippen LogP contribution in [0.1, 0.15) is 36.2 Å². The molecule has 1 aromatic heterocycles. The zero-order valence-corrected chi connectivity index (χ0v) is 8.85. The fraction of sp³-hybridized carbons (Fsp3) is 0.500. The Morgan fingerprint density at radius 2 is 1.87 bits per heavy atom. The van der Waals surface area contributed by atoms with E-state index in [1.165, 1.54) is 25.7 Å². The molecule has 0 aromatic carbocycles. The third-order valence-electron chi connectivity index (χ3n) is 2.86. The lowest BCUT2D eigenvalue weighted by molar-refractivity contribution is 0.111. The highest BCUT2D eigenvalue weighted by atomic mass is 16.1. The van der Waals surface area contributed by atoms with Crippen LogP contribution < -0.4 is 4.90 Å². The second-order valence-corrected chi connectivity index (χ2v) is 3.96. The molecule has 2 heterocycles. The number of carbonyl (C=O) groups is 1. The summed E-state index contributed by atoms with van der Waals surface area (Å²) in [5.74, 6) is 0. The molecule has 1 aromatic rings. The lowest BCUT2D eigenvalue weighted by Gasteiger charge is -2.21. The van der Waals surface area contributed by atoms with Gasteiger partial charge in [0.1, 0.15) is 5.69 Å². The van der Waals surface area contributed by atoms with E-state index in [9.17, 15) is 4.79 Å². The van der Waals surface area contributed by atoms with E-state index in [0.717, 1.165) is 25.1 Å². The van der Waals surface area contributed by atoms with Gasteiger partial charge in [0, 0.05) is 13.1 Å². The zero-order chi connectivity index (χ0) is 10.5. The lowest BCUT2D eigenvalue weighted by Crippen LogP contribution is -2.23. The Kier molecular flexibility index (Phi) is 3.33. The van der Waals surface area contributed by atoms with Crippen LogP contribution in [-0.4, -0.2) is 24.4 Å². The normalized spacial score (nSPS) is 17.2. The maximum atomic E-state index is 10.5. The molecule has 1 aliphatic heterocycles. The molecular weight excluding hydrogens is 188 g/mol. The number of aldehydes is 1. The van der Waals surface area contributed by atoms with E-state index < -0.39 is 0 Å². The summed E-state index contributed by atoms with van der Waals surface area (Å²) in [6, 6.07) is 3.77. The molecule has 0 aliphatic carbocycles. The minimum absolute atomic E-state index is 0.508. The monoisotopic (exact) mass is 204 g/mol. The summed E-state index contributed by atoms with van der Waals surface area (Å²) in [5.41, 5.74) is 1.65. The van der Waals surface area contributed by atoms with Crippen molar-refractivity contribution in [3.05, 3.63) is 24.0 Å². The van der Waals surface area contributed by atoms with Crippen molar-refractivity contribution in [2.45, 2.75) is 25.7 Å². The first-order chi connectivity index (χ1) is 7.40. The van der Waals surface area contributed by atoms with Crippen molar-refractivity contribution in [3.63, 3.8) is 0 Å². The fourth-order valence-corrected chi connectivity index (χ4v) is 1.98. The molecule has 1 saturated heterocycles. The molecule has 0 radical (unpaired) electrons. The number of pyridine rings is 1. The summed E-state index contributed by atoms with van der Waals surface area (Å²) in [6.45, 7) is 2.23. The first-order valence-corrected chi connectivity index (χ1v) is 5.56. The SMILES string of the molecule is O=Cc1ccc(N2CCCCCC2)cn1. The third kappa shape index (κ3) is 2.55. The first kappa shape index (κ1) is 10.1. The Labute approximate surface area is 90.1 Å². The molecule has 0 bridgehead atoms. The molecule has 2 rings (SSSR count). The van der Waals surface area contributed by atoms with Gasteiger partial charge in [0.05, 0.1) is 11.9 Å². The van der Waals surface area contributed by atoms with Gasteiger partial charge in [-0.15, -0.1) is 0 Å². The van der Waals surface area contributed by atoms with E-state index in [-0.39, 0.29) is 0 Å². The van der Waals surface area contributed by atoms with Crippen LogP contribution in [0.4, 0.5) is 5.69 Å². The zero-order valence-electron chi connectivity index (χ0n) is 8.85. The summed E-state index contributed by atoms with van der Waals surface area (Å²) in [5, 5.41) is 0. The van der Waals surface area contributed by atoms with Gasteiger partial charge in [0.15, 0.2) is 6.29 Å². The van der Waals surface area contributed by atoms with Crippen molar-refractivity contribution in [1.29, 1.82) is 0 Å². The molecular formula is C12H16N2O. The Bertz CT molecular complexity index is 313. The first-order valence-electron chi connectivity index (χ1n) is 5.56. The summed E-state index contributed by atoms with van der Waals surface area (Å²) in [7, 11) is 0. The molecule has 1 fully saturated rings. The van der Waals surface area contributed by atoms with Crippen molar-refractivity contribution in [3.8, 4) is 0 Å². The van der Waals surface area contributed by atoms with Gasteiger partial charge in [0.2, 0.25) is 0 Å². The molecule has 1 aliphatic rings. The van der Waals surface area contributed by atoms with Crippen LogP contribution in [0.3, 0.4) is 0 Å². The lowest BCUT2D eigenvalue weighted by atomic mass is 10.2. The van der Waals surface area contributed by atoms with Crippen LogP contribution in [0.5, 0.6) is 0 Å². The smallest absolute Gasteiger partial charge is 0.168 e. The van der Waals surface area contributed by atoms with Crippen molar-refractivity contribution in [2.24, 2.45) is 0 Å². The van der Waals surface area contributed by atoms with E-state index in [1.807, 2.05) is 6.07 Å². The quantitative estimate of drug-likeness (QED) is 0.693. The molecule has 0 saturated carbocycles. The van der Waals surface area contributed by atoms with Gasteiger partial charge < -0.3 is 4.90 Å². The molecule has 0 N–H and O–H groups in total. The van der Waals surface area contributed by atoms with Gasteiger partial charge in [-0.3, -0.25) is 9.78 Å². The van der Waals surface area contributed by atoms with Crippen molar-refractivity contribution in [1.82, 2.24) is 4.98 Å². The maximum Gasteiger partial charge on any atom is 0.168 e. The molecule has 3 nitrogen and oxygen atoms in total. The van der Waals surface area contributed by atoms with Gasteiger partial charge in [-0.25, -0.2) is 0 Å². The van der Waals surface area contributed by atoms with Crippen LogP contribution in [0.2, 0.25) is 0 Å². The van der Waals surface area contributed by atoms with E-state index in [0.29, 0.717) is 5.69 Å². The number of anilines is 1. The van der Waals surface area contributed by atoms with E-state index in [1.54, 1.807) is 12.3 Å². The number of hydrogen-bond donors (Lipinski definition) is 0. The highest BCUT2D eigenvalue weighted by molar-refractivity contribution is 5.72. The Morgan fingerprint density at radius 3 is 2.40 bits per heavy atom. The van der Waals surface area contributed by atoms with Gasteiger partial charge in [0.25, 0.3) is 0 Å². The second kappa shape index (κ2) is 4.91. The van der Waals surface area contributed by atoms with Gasteiger partial charge in [-0.05, 0) is 25.0 Å². The van der Waals surface area contributed by atoms with Crippen molar-refractivity contribution < 1.29 is 4.79 Å². The summed E-state index contributed by atoms with van der Waals surface area (Å²) in [4.78, 5) is 16.9. The number of carbonyl (C=O) groups excluding carboxylic acids is 1. The minimum atomic E-state index is 0.508. The average molecular weight is 204 g/mol. The van der Waals surface area contributed by atoms with Crippen molar-refractivity contribution >= 4 is 12.0 Å². The molecule has 80 valence electrons. The van der Waals surface area contributed by atoms with Crippen LogP contribution in [0.15, 0.2) is 18.3 Å². The Hall–Kier alpha value is -1.38. The molecule has 0 amide bonds. The molecule has 0 unspecified atom stereocenters. The van der Waals surface area contributed by atoms with E-state index in [2.05, 4.69) is 9.88 Å². The summed E-state index contributed by atoms with van der Waals surface area (Å²) in [6.07, 6.45) is 7.76. The number of rotatable bonds is 2. The second-order valence-electron chi connectivity index (χ2n) is 3.96. The predicted molar refractivity (Wildman–Crippen MR) is 60.3 cm³/mol. The topological polar surface area (TPSA) is 33.2 Å². The highest BCUT2D eigenvalue weighted by Gasteiger charge is 2.09. The van der Waals surface area contributed by atoms with E-state index in [4.69, 9.17) is 0 Å². The van der Waals surface area contributed by atoms with Crippen molar-refractivity contribution in [2.75, 3.05) is 18.0 Å². The summed E-state index contributed by atoms with van der Waals surface area (Å²) < 4.78 is 0. The maximum absolute atomic E-state index is 10.5. The fourth-order valence-electron chi connectivity index (χ4n) is 1.98. The standard InChI is InChI=1S/C12H16N2O/c15-10-11-5-6-12(9-13-11)14-7-3-1-2-4-8-14/h5-6,9-10H,1-4,7-8H2. The van der Waals surface area contributed by atoms with Crippen LogP contribution in [0.25, 0.3) is 0 Å². The molecule has 0 atom stereocenters. The summed E-state index contributed by atoms with van der Waals surface area (Å²) >= 11 is 0. The van der Waals surface area contributed by atoms with Gasteiger partial charge in [-0.1, -0.05) is 12.8 Å². The van der Waals surface area contributed by atoms with E-state index >= 15 is 0 Å². The third-order valence-corrected chi connectivity index (χ3v) is 2.86. The average Bonchev–Trinajstić information content (AvgIpc) is 2.58.